The number of imidazole rings is 1. The quantitative estimate of drug-likeness (QED) is 0.818. The van der Waals surface area contributed by atoms with Crippen LogP contribution in [-0.4, -0.2) is 15.1 Å². The Morgan fingerprint density at radius 2 is 2.09 bits per heavy atom. The lowest BCUT2D eigenvalue weighted by Gasteiger charge is -2.21. The number of dihydropyridines is 1. The summed E-state index contributed by atoms with van der Waals surface area (Å²) in [6, 6.07) is 5.15. The molecule has 1 aromatic carbocycles. The molecule has 0 aliphatic carbocycles. The van der Waals surface area contributed by atoms with E-state index in [0.29, 0.717) is 11.3 Å². The number of hydrogen-bond donors (Lipinski definition) is 1. The molecule has 1 N–H and O–H groups in total. The number of rotatable bonds is 1. The summed E-state index contributed by atoms with van der Waals surface area (Å²) in [7, 11) is 0. The molecule has 0 fully saturated rings. The molecule has 1 unspecified atom stereocenters. The zero-order valence-corrected chi connectivity index (χ0v) is 13.4. The van der Waals surface area contributed by atoms with E-state index in [4.69, 9.17) is 0 Å². The number of nitrogens with one attached hydrogen (secondary N) is 1. The molecule has 1 aliphatic rings. The highest BCUT2D eigenvalue weighted by atomic mass is 19.1. The molecule has 116 valence electrons. The Balaban J connectivity index is 1.91. The highest BCUT2D eigenvalue weighted by molar-refractivity contribution is 5.41. The predicted molar refractivity (Wildman–Crippen MR) is 89.7 cm³/mol. The summed E-state index contributed by atoms with van der Waals surface area (Å²) in [5.41, 5.74) is 1.63. The Morgan fingerprint density at radius 3 is 2.78 bits per heavy atom. The first-order valence-corrected chi connectivity index (χ1v) is 7.45. The zero-order chi connectivity index (χ0) is 16.4. The van der Waals surface area contributed by atoms with Gasteiger partial charge in [0.2, 0.25) is 0 Å². The molecule has 23 heavy (non-hydrogen) atoms. The van der Waals surface area contributed by atoms with Gasteiger partial charge in [0.1, 0.15) is 22.9 Å². The van der Waals surface area contributed by atoms with E-state index in [2.05, 4.69) is 22.1 Å². The fourth-order valence-electron chi connectivity index (χ4n) is 2.37. The average Bonchev–Trinajstić information content (AvgIpc) is 2.90. The van der Waals surface area contributed by atoms with Crippen LogP contribution >= 0.6 is 0 Å². The van der Waals surface area contributed by atoms with Crippen LogP contribution in [0.5, 0.6) is 0 Å². The predicted octanol–water partition coefficient (Wildman–Crippen LogP) is 3.41. The molecule has 0 radical (unpaired) electrons. The normalized spacial score (nSPS) is 19.1. The molecule has 1 aliphatic heterocycles. The number of nitrogens with zero attached hydrogens (tertiary/aromatic N) is 2. The van der Waals surface area contributed by atoms with Crippen LogP contribution < -0.4 is 5.32 Å². The highest BCUT2D eigenvalue weighted by Crippen LogP contribution is 2.16. The van der Waals surface area contributed by atoms with E-state index in [1.807, 2.05) is 55.1 Å². The fourth-order valence-corrected chi connectivity index (χ4v) is 2.37. The third-order valence-corrected chi connectivity index (χ3v) is 3.79. The highest BCUT2D eigenvalue weighted by Gasteiger charge is 2.16. The maximum Gasteiger partial charge on any atom is 0.131 e. The van der Waals surface area contributed by atoms with Crippen LogP contribution in [0.1, 0.15) is 24.0 Å². The van der Waals surface area contributed by atoms with Crippen molar-refractivity contribution in [2.24, 2.45) is 0 Å². The SMILES string of the molecule is Cc1ccc(-n2cc(C#CC3(C)C=CC=CN3)nc2C)cc1F. The van der Waals surface area contributed by atoms with Gasteiger partial charge in [-0.3, -0.25) is 0 Å². The molecule has 0 spiro atoms. The Hall–Kier alpha value is -2.80. The lowest BCUT2D eigenvalue weighted by Crippen LogP contribution is -2.36. The van der Waals surface area contributed by atoms with E-state index in [0.717, 1.165) is 11.5 Å². The second kappa shape index (κ2) is 5.77. The van der Waals surface area contributed by atoms with Gasteiger partial charge in [0.25, 0.3) is 0 Å². The van der Waals surface area contributed by atoms with E-state index < -0.39 is 5.54 Å². The van der Waals surface area contributed by atoms with Crippen LogP contribution in [0.25, 0.3) is 5.69 Å². The molecule has 0 bridgehead atoms. The summed E-state index contributed by atoms with van der Waals surface area (Å²) in [6.07, 6.45) is 9.59. The Labute approximate surface area is 135 Å². The van der Waals surface area contributed by atoms with Crippen molar-refractivity contribution < 1.29 is 4.39 Å². The van der Waals surface area contributed by atoms with Crippen molar-refractivity contribution in [1.29, 1.82) is 0 Å². The van der Waals surface area contributed by atoms with Crippen LogP contribution in [0.15, 0.2) is 48.8 Å². The number of halogens is 1. The summed E-state index contributed by atoms with van der Waals surface area (Å²) < 4.78 is 15.6. The summed E-state index contributed by atoms with van der Waals surface area (Å²) in [4.78, 5) is 4.45. The van der Waals surface area contributed by atoms with Crippen molar-refractivity contribution in [3.63, 3.8) is 0 Å². The molecular weight excluding hydrogens is 289 g/mol. The van der Waals surface area contributed by atoms with Crippen LogP contribution in [0.3, 0.4) is 0 Å². The molecule has 1 aromatic heterocycles. The maximum absolute atomic E-state index is 13.8. The standard InChI is InChI=1S/C19H18FN3/c1-14-6-7-17(12-18(14)20)23-13-16(22-15(23)2)8-10-19(3)9-4-5-11-21-19/h4-7,9,11-13,21H,1-3H3. The summed E-state index contributed by atoms with van der Waals surface area (Å²) in [5.74, 6) is 6.82. The van der Waals surface area contributed by atoms with Crippen molar-refractivity contribution in [1.82, 2.24) is 14.9 Å². The molecule has 4 heteroatoms. The van der Waals surface area contributed by atoms with Crippen molar-refractivity contribution >= 4 is 0 Å². The van der Waals surface area contributed by atoms with Gasteiger partial charge in [-0.15, -0.1) is 0 Å². The Bertz CT molecular complexity index is 864. The number of benzene rings is 1. The summed E-state index contributed by atoms with van der Waals surface area (Å²) in [6.45, 7) is 5.63. The van der Waals surface area contributed by atoms with Gasteiger partial charge in [-0.1, -0.05) is 18.1 Å². The molecule has 0 saturated carbocycles. The first kappa shape index (κ1) is 15.1. The second-order valence-electron chi connectivity index (χ2n) is 5.79. The average molecular weight is 307 g/mol. The number of aryl methyl sites for hydroxylation is 2. The largest absolute Gasteiger partial charge is 0.372 e. The monoisotopic (exact) mass is 307 g/mol. The molecule has 2 aromatic rings. The zero-order valence-electron chi connectivity index (χ0n) is 13.4. The summed E-state index contributed by atoms with van der Waals surface area (Å²) >= 11 is 0. The van der Waals surface area contributed by atoms with E-state index >= 15 is 0 Å². The van der Waals surface area contributed by atoms with Gasteiger partial charge in [-0.2, -0.15) is 0 Å². The van der Waals surface area contributed by atoms with E-state index in [-0.39, 0.29) is 5.82 Å². The number of allylic oxidation sites excluding steroid dienone is 2. The second-order valence-corrected chi connectivity index (χ2v) is 5.79. The van der Waals surface area contributed by atoms with Gasteiger partial charge < -0.3 is 9.88 Å². The number of aromatic nitrogens is 2. The van der Waals surface area contributed by atoms with Crippen molar-refractivity contribution in [2.75, 3.05) is 0 Å². The molecule has 1 atom stereocenters. The topological polar surface area (TPSA) is 29.9 Å². The first-order chi connectivity index (χ1) is 11.0. The van der Waals surface area contributed by atoms with Crippen LogP contribution in [-0.2, 0) is 0 Å². The van der Waals surface area contributed by atoms with Gasteiger partial charge in [0.15, 0.2) is 0 Å². The molecule has 2 heterocycles. The van der Waals surface area contributed by atoms with Crippen molar-refractivity contribution in [3.05, 3.63) is 71.7 Å². The molecule has 3 rings (SSSR count). The lowest BCUT2D eigenvalue weighted by atomic mass is 10.0. The smallest absolute Gasteiger partial charge is 0.131 e. The van der Waals surface area contributed by atoms with E-state index in [1.54, 1.807) is 13.0 Å². The third-order valence-electron chi connectivity index (χ3n) is 3.79. The molecule has 3 nitrogen and oxygen atoms in total. The van der Waals surface area contributed by atoms with Crippen molar-refractivity contribution in [2.45, 2.75) is 26.3 Å². The minimum Gasteiger partial charge on any atom is -0.372 e. The van der Waals surface area contributed by atoms with Gasteiger partial charge in [-0.05, 0) is 62.7 Å². The number of hydrogen-bond acceptors (Lipinski definition) is 2. The summed E-state index contributed by atoms with van der Waals surface area (Å²) in [5, 5.41) is 3.21. The van der Waals surface area contributed by atoms with Crippen molar-refractivity contribution in [3.8, 4) is 17.5 Å². The molecule has 0 saturated heterocycles. The van der Waals surface area contributed by atoms with Gasteiger partial charge in [0, 0.05) is 11.9 Å². The minimum atomic E-state index is -0.400. The third kappa shape index (κ3) is 3.19. The lowest BCUT2D eigenvalue weighted by molar-refractivity contribution is 0.617. The van der Waals surface area contributed by atoms with Gasteiger partial charge >= 0.3 is 0 Å². The maximum atomic E-state index is 13.8. The van der Waals surface area contributed by atoms with Gasteiger partial charge in [0.05, 0.1) is 0 Å². The minimum absolute atomic E-state index is 0.223. The first-order valence-electron chi connectivity index (χ1n) is 7.45. The Kier molecular flexibility index (Phi) is 3.79. The van der Waals surface area contributed by atoms with Gasteiger partial charge in [-0.25, -0.2) is 9.37 Å². The Morgan fingerprint density at radius 1 is 1.26 bits per heavy atom. The fraction of sp³-hybridized carbons (Fsp3) is 0.211. The van der Waals surface area contributed by atoms with Crippen LogP contribution in [0, 0.1) is 31.5 Å². The van der Waals surface area contributed by atoms with E-state index in [1.165, 1.54) is 6.07 Å². The van der Waals surface area contributed by atoms with Crippen LogP contribution in [0.4, 0.5) is 4.39 Å². The molecular formula is C19H18FN3. The van der Waals surface area contributed by atoms with Crippen LogP contribution in [0.2, 0.25) is 0 Å². The molecule has 0 amide bonds. The van der Waals surface area contributed by atoms with E-state index in [9.17, 15) is 4.39 Å².